The lowest BCUT2D eigenvalue weighted by Gasteiger charge is -2.11. The van der Waals surface area contributed by atoms with Gasteiger partial charge in [0, 0.05) is 0 Å². The molecule has 2 aromatic heterocycles. The second-order valence-electron chi connectivity index (χ2n) is 5.21. The number of nitrogens with zero attached hydrogens (tertiary/aromatic N) is 3. The first-order valence-corrected chi connectivity index (χ1v) is 7.34. The van der Waals surface area contributed by atoms with Gasteiger partial charge in [-0.05, 0) is 36.8 Å². The number of imidazole rings is 1. The van der Waals surface area contributed by atoms with Crippen molar-refractivity contribution in [2.24, 2.45) is 0 Å². The van der Waals surface area contributed by atoms with Crippen LogP contribution in [0.1, 0.15) is 5.56 Å². The third-order valence-electron chi connectivity index (χ3n) is 3.63. The van der Waals surface area contributed by atoms with Gasteiger partial charge in [0.15, 0.2) is 5.82 Å². The highest BCUT2D eigenvalue weighted by molar-refractivity contribution is 6.33. The molecule has 4 rings (SSSR count). The Hall–Kier alpha value is -2.59. The third-order valence-corrected chi connectivity index (χ3v) is 3.96. The van der Waals surface area contributed by atoms with Crippen LogP contribution in [0.15, 0.2) is 55.0 Å². The molecule has 0 aliphatic heterocycles. The molecule has 4 nitrogen and oxygen atoms in total. The van der Waals surface area contributed by atoms with Gasteiger partial charge in [0.1, 0.15) is 5.52 Å². The minimum absolute atomic E-state index is 0.665. The predicted octanol–water partition coefficient (Wildman–Crippen LogP) is 4.59. The summed E-state index contributed by atoms with van der Waals surface area (Å²) in [5.74, 6) is 0.740. The minimum Gasteiger partial charge on any atom is -0.337 e. The highest BCUT2D eigenvalue weighted by atomic mass is 35.5. The van der Waals surface area contributed by atoms with Crippen LogP contribution in [-0.2, 0) is 0 Å². The van der Waals surface area contributed by atoms with Crippen LogP contribution in [-0.4, -0.2) is 14.4 Å². The Labute approximate surface area is 132 Å². The Morgan fingerprint density at radius 3 is 2.86 bits per heavy atom. The summed E-state index contributed by atoms with van der Waals surface area (Å²) < 4.78 is 2.02. The zero-order chi connectivity index (χ0) is 15.1. The first-order valence-electron chi connectivity index (χ1n) is 6.96. The van der Waals surface area contributed by atoms with Gasteiger partial charge in [0.25, 0.3) is 0 Å². The molecule has 0 spiro atoms. The van der Waals surface area contributed by atoms with Crippen LogP contribution in [0.2, 0.25) is 5.02 Å². The Balaban J connectivity index is 1.93. The molecule has 1 N–H and O–H groups in total. The number of hydrogen-bond acceptors (Lipinski definition) is 3. The van der Waals surface area contributed by atoms with Gasteiger partial charge in [0.2, 0.25) is 0 Å². The van der Waals surface area contributed by atoms with Crippen LogP contribution in [0, 0.1) is 6.92 Å². The van der Waals surface area contributed by atoms with E-state index in [1.807, 2.05) is 53.8 Å². The molecule has 0 radical (unpaired) electrons. The predicted molar refractivity (Wildman–Crippen MR) is 90.0 cm³/mol. The fraction of sp³-hybridized carbons (Fsp3) is 0.0588. The van der Waals surface area contributed by atoms with Crippen LogP contribution in [0.3, 0.4) is 0 Å². The van der Waals surface area contributed by atoms with Crippen molar-refractivity contribution in [2.75, 3.05) is 5.32 Å². The molecule has 0 unspecified atom stereocenters. The SMILES string of the molecule is Cc1ccc(Cl)c(Nc2nc3ccccc3n3cncc23)c1. The molecule has 0 fully saturated rings. The molecule has 5 heteroatoms. The van der Waals surface area contributed by atoms with Crippen molar-refractivity contribution in [3.05, 3.63) is 65.6 Å². The first-order chi connectivity index (χ1) is 10.7. The lowest BCUT2D eigenvalue weighted by atomic mass is 10.2. The summed E-state index contributed by atoms with van der Waals surface area (Å²) in [7, 11) is 0. The normalized spacial score (nSPS) is 11.2. The molecule has 2 aromatic carbocycles. The van der Waals surface area contributed by atoms with Crippen molar-refractivity contribution in [1.82, 2.24) is 14.4 Å². The van der Waals surface area contributed by atoms with Crippen LogP contribution in [0.5, 0.6) is 0 Å². The van der Waals surface area contributed by atoms with E-state index in [1.165, 1.54) is 0 Å². The van der Waals surface area contributed by atoms with Crippen molar-refractivity contribution < 1.29 is 0 Å². The summed E-state index contributed by atoms with van der Waals surface area (Å²) in [5, 5.41) is 4.00. The average molecular weight is 309 g/mol. The summed E-state index contributed by atoms with van der Waals surface area (Å²) in [6, 6.07) is 13.9. The number of rotatable bonds is 2. The largest absolute Gasteiger partial charge is 0.337 e. The standard InChI is InChI=1S/C17H13ClN4/c1-11-6-7-12(18)14(8-11)21-17-16-9-19-10-22(16)15-5-3-2-4-13(15)20-17/h2-10H,1H3,(H,20,21). The summed E-state index contributed by atoms with van der Waals surface area (Å²) >= 11 is 6.28. The van der Waals surface area contributed by atoms with E-state index in [-0.39, 0.29) is 0 Å². The maximum atomic E-state index is 6.28. The number of nitrogens with one attached hydrogen (secondary N) is 1. The van der Waals surface area contributed by atoms with Crippen molar-refractivity contribution in [2.45, 2.75) is 6.92 Å². The third kappa shape index (κ3) is 2.09. The van der Waals surface area contributed by atoms with Crippen LogP contribution in [0.25, 0.3) is 16.6 Å². The van der Waals surface area contributed by atoms with Gasteiger partial charge in [-0.25, -0.2) is 9.97 Å². The number of halogens is 1. The second kappa shape index (κ2) is 5.00. The van der Waals surface area contributed by atoms with E-state index < -0.39 is 0 Å². The van der Waals surface area contributed by atoms with E-state index >= 15 is 0 Å². The molecule has 0 bridgehead atoms. The van der Waals surface area contributed by atoms with Gasteiger partial charge >= 0.3 is 0 Å². The Morgan fingerprint density at radius 2 is 1.95 bits per heavy atom. The van der Waals surface area contributed by atoms with Crippen molar-refractivity contribution >= 4 is 39.7 Å². The number of anilines is 2. The molecule has 0 amide bonds. The number of fused-ring (bicyclic) bond motifs is 3. The first kappa shape index (κ1) is 13.1. The number of para-hydroxylation sites is 2. The Bertz CT molecular complexity index is 990. The summed E-state index contributed by atoms with van der Waals surface area (Å²) in [4.78, 5) is 8.95. The van der Waals surface area contributed by atoms with E-state index in [1.54, 1.807) is 12.5 Å². The van der Waals surface area contributed by atoms with Crippen LogP contribution < -0.4 is 5.32 Å². The van der Waals surface area contributed by atoms with Crippen LogP contribution >= 0.6 is 11.6 Å². The van der Waals surface area contributed by atoms with Gasteiger partial charge in [-0.3, -0.25) is 4.40 Å². The molecule has 0 saturated heterocycles. The van der Waals surface area contributed by atoms with Gasteiger partial charge in [-0.15, -0.1) is 0 Å². The molecular formula is C17H13ClN4. The lowest BCUT2D eigenvalue weighted by Crippen LogP contribution is -1.99. The maximum Gasteiger partial charge on any atom is 0.157 e. The quantitative estimate of drug-likeness (QED) is 0.589. The fourth-order valence-electron chi connectivity index (χ4n) is 2.56. The number of aryl methyl sites for hydroxylation is 1. The molecule has 0 saturated carbocycles. The van der Waals surface area contributed by atoms with Crippen molar-refractivity contribution in [3.8, 4) is 0 Å². The van der Waals surface area contributed by atoms with E-state index in [0.29, 0.717) is 5.02 Å². The summed E-state index contributed by atoms with van der Waals surface area (Å²) in [6.45, 7) is 2.03. The zero-order valence-electron chi connectivity index (χ0n) is 11.9. The maximum absolute atomic E-state index is 6.28. The minimum atomic E-state index is 0.665. The van der Waals surface area contributed by atoms with Crippen LogP contribution in [0.4, 0.5) is 11.5 Å². The van der Waals surface area contributed by atoms with E-state index in [2.05, 4.69) is 10.3 Å². The Morgan fingerprint density at radius 1 is 1.09 bits per heavy atom. The molecule has 2 heterocycles. The fourth-order valence-corrected chi connectivity index (χ4v) is 2.72. The van der Waals surface area contributed by atoms with Gasteiger partial charge < -0.3 is 5.32 Å². The van der Waals surface area contributed by atoms with Gasteiger partial charge in [0.05, 0.1) is 34.3 Å². The molecule has 22 heavy (non-hydrogen) atoms. The molecule has 0 aliphatic rings. The topological polar surface area (TPSA) is 42.2 Å². The van der Waals surface area contributed by atoms with Gasteiger partial charge in [-0.1, -0.05) is 29.8 Å². The number of aromatic nitrogens is 3. The molecule has 108 valence electrons. The van der Waals surface area contributed by atoms with E-state index in [9.17, 15) is 0 Å². The van der Waals surface area contributed by atoms with Gasteiger partial charge in [-0.2, -0.15) is 0 Å². The molecule has 0 aliphatic carbocycles. The van der Waals surface area contributed by atoms with Crippen molar-refractivity contribution in [1.29, 1.82) is 0 Å². The summed E-state index contributed by atoms with van der Waals surface area (Å²) in [6.07, 6.45) is 3.59. The summed E-state index contributed by atoms with van der Waals surface area (Å²) in [5.41, 5.74) is 4.82. The Kier molecular flexibility index (Phi) is 2.98. The lowest BCUT2D eigenvalue weighted by molar-refractivity contribution is 1.19. The zero-order valence-corrected chi connectivity index (χ0v) is 12.7. The van der Waals surface area contributed by atoms with E-state index in [0.717, 1.165) is 33.6 Å². The molecular weight excluding hydrogens is 296 g/mol. The smallest absolute Gasteiger partial charge is 0.157 e. The molecule has 0 atom stereocenters. The second-order valence-corrected chi connectivity index (χ2v) is 5.61. The van der Waals surface area contributed by atoms with E-state index in [4.69, 9.17) is 16.6 Å². The molecule has 4 aromatic rings. The highest BCUT2D eigenvalue weighted by Crippen LogP contribution is 2.29. The highest BCUT2D eigenvalue weighted by Gasteiger charge is 2.10. The average Bonchev–Trinajstić information content (AvgIpc) is 3.01. The number of hydrogen-bond donors (Lipinski definition) is 1. The van der Waals surface area contributed by atoms with Crippen molar-refractivity contribution in [3.63, 3.8) is 0 Å². The number of benzene rings is 2. The monoisotopic (exact) mass is 308 g/mol.